The number of hydrogen-bond acceptors (Lipinski definition) is 3. The summed E-state index contributed by atoms with van der Waals surface area (Å²) in [4.78, 5) is 14.1. The average Bonchev–Trinajstić information content (AvgIpc) is 2.73. The van der Waals surface area contributed by atoms with E-state index in [9.17, 15) is 9.90 Å². The van der Waals surface area contributed by atoms with Crippen LogP contribution in [0.2, 0.25) is 0 Å². The largest absolute Gasteiger partial charge is 0.508 e. The van der Waals surface area contributed by atoms with Gasteiger partial charge in [-0.1, -0.05) is 12.1 Å². The molecule has 1 aromatic heterocycles. The minimum atomic E-state index is -0.0355. The third-order valence-electron chi connectivity index (χ3n) is 2.53. The summed E-state index contributed by atoms with van der Waals surface area (Å²) in [5.74, 6) is 0.154. The molecule has 0 bridgehead atoms. The highest BCUT2D eigenvalue weighted by atomic mass is 32.1. The van der Waals surface area contributed by atoms with Crippen molar-refractivity contribution >= 4 is 17.2 Å². The smallest absolute Gasteiger partial charge is 0.224 e. The van der Waals surface area contributed by atoms with Crippen molar-refractivity contribution in [3.05, 3.63) is 51.7 Å². The fourth-order valence-electron chi connectivity index (χ4n) is 1.68. The number of thiophene rings is 1. The van der Waals surface area contributed by atoms with Gasteiger partial charge in [-0.2, -0.15) is 0 Å². The van der Waals surface area contributed by atoms with Gasteiger partial charge in [-0.25, -0.2) is 0 Å². The second-order valence-electron chi connectivity index (χ2n) is 4.14. The second-order valence-corrected chi connectivity index (χ2v) is 5.51. The maximum atomic E-state index is 11.7. The minimum Gasteiger partial charge on any atom is -0.508 e. The molecule has 2 rings (SSSR count). The summed E-state index contributed by atoms with van der Waals surface area (Å²) in [6, 6.07) is 10.8. The number of phenols is 1. The lowest BCUT2D eigenvalue weighted by Crippen LogP contribution is -2.24. The molecule has 0 spiro atoms. The predicted octanol–water partition coefficient (Wildman–Crippen LogP) is 2.62. The molecule has 0 aliphatic carbocycles. The van der Waals surface area contributed by atoms with E-state index >= 15 is 0 Å². The lowest BCUT2D eigenvalue weighted by molar-refractivity contribution is -0.120. The molecule has 0 saturated carbocycles. The maximum absolute atomic E-state index is 11.7. The van der Waals surface area contributed by atoms with Gasteiger partial charge in [0.05, 0.1) is 13.0 Å². The third-order valence-corrected chi connectivity index (χ3v) is 3.53. The average molecular weight is 261 g/mol. The number of carbonyl (C=O) groups excluding carboxylic acids is 1. The number of carbonyl (C=O) groups is 1. The molecule has 4 heteroatoms. The molecule has 2 N–H and O–H groups in total. The first-order valence-corrected chi connectivity index (χ1v) is 6.55. The van der Waals surface area contributed by atoms with Gasteiger partial charge in [-0.3, -0.25) is 4.79 Å². The molecule has 1 aromatic carbocycles. The molecule has 0 aliphatic rings. The van der Waals surface area contributed by atoms with Crippen LogP contribution in [0.15, 0.2) is 36.4 Å². The van der Waals surface area contributed by atoms with Crippen LogP contribution in [0.5, 0.6) is 5.75 Å². The minimum absolute atomic E-state index is 0.0355. The van der Waals surface area contributed by atoms with Crippen LogP contribution in [0.4, 0.5) is 0 Å². The number of phenolic OH excluding ortho intramolecular Hbond substituents is 1. The standard InChI is InChI=1S/C14H15NO2S/c1-10-5-6-13(18-10)9-15-14(17)8-11-3-2-4-12(16)7-11/h2-7,16H,8-9H2,1H3,(H,15,17). The summed E-state index contributed by atoms with van der Waals surface area (Å²) in [6.07, 6.45) is 0.290. The topological polar surface area (TPSA) is 49.3 Å². The molecule has 0 unspecified atom stereocenters. The summed E-state index contributed by atoms with van der Waals surface area (Å²) in [5.41, 5.74) is 0.815. The number of aryl methyl sites for hydroxylation is 1. The number of rotatable bonds is 4. The van der Waals surface area contributed by atoms with E-state index in [4.69, 9.17) is 0 Å². The van der Waals surface area contributed by atoms with Gasteiger partial charge in [0, 0.05) is 9.75 Å². The number of nitrogens with one attached hydrogen (secondary N) is 1. The van der Waals surface area contributed by atoms with E-state index in [1.54, 1.807) is 29.5 Å². The maximum Gasteiger partial charge on any atom is 0.224 e. The van der Waals surface area contributed by atoms with Crippen LogP contribution in [0, 0.1) is 6.92 Å². The number of benzene rings is 1. The first-order valence-electron chi connectivity index (χ1n) is 5.73. The molecule has 3 nitrogen and oxygen atoms in total. The van der Waals surface area contributed by atoms with Crippen molar-refractivity contribution in [1.82, 2.24) is 5.32 Å². The van der Waals surface area contributed by atoms with E-state index in [1.807, 2.05) is 25.1 Å². The lowest BCUT2D eigenvalue weighted by Gasteiger charge is -2.04. The Morgan fingerprint density at radius 1 is 1.33 bits per heavy atom. The molecular formula is C14H15NO2S. The first kappa shape index (κ1) is 12.6. The van der Waals surface area contributed by atoms with Crippen molar-refractivity contribution in [3.63, 3.8) is 0 Å². The lowest BCUT2D eigenvalue weighted by atomic mass is 10.1. The Labute approximate surface area is 110 Å². The molecule has 0 atom stereocenters. The van der Waals surface area contributed by atoms with Gasteiger partial charge in [-0.05, 0) is 36.8 Å². The number of aromatic hydroxyl groups is 1. The van der Waals surface area contributed by atoms with Crippen molar-refractivity contribution in [2.75, 3.05) is 0 Å². The molecule has 1 amide bonds. The fourth-order valence-corrected chi connectivity index (χ4v) is 2.51. The zero-order valence-corrected chi connectivity index (χ0v) is 11.0. The Hall–Kier alpha value is -1.81. The SMILES string of the molecule is Cc1ccc(CNC(=O)Cc2cccc(O)c2)s1. The van der Waals surface area contributed by atoms with Gasteiger partial charge in [0.25, 0.3) is 0 Å². The zero-order chi connectivity index (χ0) is 13.0. The van der Waals surface area contributed by atoms with Crippen molar-refractivity contribution in [1.29, 1.82) is 0 Å². The molecule has 94 valence electrons. The van der Waals surface area contributed by atoms with Crippen LogP contribution in [-0.4, -0.2) is 11.0 Å². The van der Waals surface area contributed by atoms with E-state index in [2.05, 4.69) is 5.32 Å². The van der Waals surface area contributed by atoms with E-state index in [-0.39, 0.29) is 11.7 Å². The Kier molecular flexibility index (Phi) is 3.99. The van der Waals surface area contributed by atoms with Crippen LogP contribution in [0.3, 0.4) is 0 Å². The van der Waals surface area contributed by atoms with Gasteiger partial charge >= 0.3 is 0 Å². The third kappa shape index (κ3) is 3.60. The first-order chi connectivity index (χ1) is 8.63. The zero-order valence-electron chi connectivity index (χ0n) is 10.1. The molecule has 0 aliphatic heterocycles. The summed E-state index contributed by atoms with van der Waals surface area (Å²) >= 11 is 1.68. The van der Waals surface area contributed by atoms with Gasteiger partial charge in [0.2, 0.25) is 5.91 Å². The van der Waals surface area contributed by atoms with Gasteiger partial charge < -0.3 is 10.4 Å². The number of hydrogen-bond donors (Lipinski definition) is 2. The van der Waals surface area contributed by atoms with Crippen molar-refractivity contribution < 1.29 is 9.90 Å². The van der Waals surface area contributed by atoms with Crippen molar-refractivity contribution in [3.8, 4) is 5.75 Å². The number of amides is 1. The predicted molar refractivity (Wildman–Crippen MR) is 72.7 cm³/mol. The Balaban J connectivity index is 1.85. The van der Waals surface area contributed by atoms with Crippen LogP contribution < -0.4 is 5.32 Å². The fraction of sp³-hybridized carbons (Fsp3) is 0.214. The Morgan fingerprint density at radius 2 is 2.17 bits per heavy atom. The molecule has 0 fully saturated rings. The summed E-state index contributed by atoms with van der Waals surface area (Å²) in [6.45, 7) is 2.61. The van der Waals surface area contributed by atoms with E-state index in [1.165, 1.54) is 4.88 Å². The quantitative estimate of drug-likeness (QED) is 0.889. The van der Waals surface area contributed by atoms with E-state index in [0.29, 0.717) is 13.0 Å². The van der Waals surface area contributed by atoms with Crippen molar-refractivity contribution in [2.24, 2.45) is 0 Å². The highest BCUT2D eigenvalue weighted by molar-refractivity contribution is 7.11. The van der Waals surface area contributed by atoms with E-state index < -0.39 is 0 Å². The van der Waals surface area contributed by atoms with Crippen molar-refractivity contribution in [2.45, 2.75) is 19.9 Å². The van der Waals surface area contributed by atoms with E-state index in [0.717, 1.165) is 10.4 Å². The monoisotopic (exact) mass is 261 g/mol. The molecule has 0 saturated heterocycles. The van der Waals surface area contributed by atoms with Crippen LogP contribution in [-0.2, 0) is 17.8 Å². The molecule has 1 heterocycles. The summed E-state index contributed by atoms with van der Waals surface area (Å²) in [5, 5.41) is 12.2. The van der Waals surface area contributed by atoms with Gasteiger partial charge in [0.1, 0.15) is 5.75 Å². The Bertz CT molecular complexity index is 548. The van der Waals surface area contributed by atoms with Crippen LogP contribution >= 0.6 is 11.3 Å². The van der Waals surface area contributed by atoms with Gasteiger partial charge in [-0.15, -0.1) is 11.3 Å². The highest BCUT2D eigenvalue weighted by Crippen LogP contribution is 2.15. The summed E-state index contributed by atoms with van der Waals surface area (Å²) < 4.78 is 0. The molecular weight excluding hydrogens is 246 g/mol. The Morgan fingerprint density at radius 3 is 2.83 bits per heavy atom. The molecule has 2 aromatic rings. The van der Waals surface area contributed by atoms with Gasteiger partial charge in [0.15, 0.2) is 0 Å². The molecule has 0 radical (unpaired) electrons. The highest BCUT2D eigenvalue weighted by Gasteiger charge is 2.04. The van der Waals surface area contributed by atoms with Crippen LogP contribution in [0.1, 0.15) is 15.3 Å². The molecule has 18 heavy (non-hydrogen) atoms. The summed E-state index contributed by atoms with van der Waals surface area (Å²) in [7, 11) is 0. The second kappa shape index (κ2) is 5.69. The normalized spacial score (nSPS) is 10.3. The van der Waals surface area contributed by atoms with Crippen LogP contribution in [0.25, 0.3) is 0 Å².